The lowest BCUT2D eigenvalue weighted by Crippen LogP contribution is -2.43. The predicted octanol–water partition coefficient (Wildman–Crippen LogP) is 2.75. The first-order valence-corrected chi connectivity index (χ1v) is 6.93. The quantitative estimate of drug-likeness (QED) is 0.675. The van der Waals surface area contributed by atoms with Crippen molar-refractivity contribution in [1.29, 1.82) is 0 Å². The Morgan fingerprint density at radius 2 is 1.82 bits per heavy atom. The summed E-state index contributed by atoms with van der Waals surface area (Å²) in [6.45, 7) is 0.277. The molecule has 22 heavy (non-hydrogen) atoms. The van der Waals surface area contributed by atoms with E-state index in [0.717, 1.165) is 0 Å². The molecule has 1 aliphatic rings. The SMILES string of the molecule is O=C(Nc1ccccc1)N(O)CC1COc2ccccc2O1. The number of urea groups is 1. The van der Waals surface area contributed by atoms with E-state index in [1.165, 1.54) is 0 Å². The van der Waals surface area contributed by atoms with Gasteiger partial charge in [-0.25, -0.2) is 9.86 Å². The number of amides is 2. The lowest BCUT2D eigenvalue weighted by molar-refractivity contribution is -0.0698. The first-order chi connectivity index (χ1) is 10.7. The highest BCUT2D eigenvalue weighted by atomic mass is 16.6. The molecule has 1 atom stereocenters. The van der Waals surface area contributed by atoms with Gasteiger partial charge in [-0.2, -0.15) is 0 Å². The molecule has 6 heteroatoms. The van der Waals surface area contributed by atoms with Crippen LogP contribution in [0.4, 0.5) is 10.5 Å². The molecule has 3 rings (SSSR count). The predicted molar refractivity (Wildman–Crippen MR) is 80.3 cm³/mol. The summed E-state index contributed by atoms with van der Waals surface area (Å²) < 4.78 is 11.2. The van der Waals surface area contributed by atoms with E-state index in [2.05, 4.69) is 5.32 Å². The summed E-state index contributed by atoms with van der Waals surface area (Å²) in [5.41, 5.74) is 0.609. The average molecular weight is 300 g/mol. The number of fused-ring (bicyclic) bond motifs is 1. The molecule has 1 heterocycles. The highest BCUT2D eigenvalue weighted by Gasteiger charge is 2.24. The summed E-state index contributed by atoms with van der Waals surface area (Å²) in [5.74, 6) is 1.27. The molecule has 2 aromatic rings. The van der Waals surface area contributed by atoms with Crippen LogP contribution in [0.5, 0.6) is 11.5 Å². The van der Waals surface area contributed by atoms with E-state index in [1.807, 2.05) is 24.3 Å². The smallest absolute Gasteiger partial charge is 0.345 e. The topological polar surface area (TPSA) is 71.0 Å². The van der Waals surface area contributed by atoms with Gasteiger partial charge in [-0.3, -0.25) is 5.21 Å². The van der Waals surface area contributed by atoms with Crippen LogP contribution in [-0.2, 0) is 0 Å². The van der Waals surface area contributed by atoms with Crippen molar-refractivity contribution in [2.45, 2.75) is 6.10 Å². The molecule has 0 aromatic heterocycles. The number of ether oxygens (including phenoxy) is 2. The van der Waals surface area contributed by atoms with E-state index < -0.39 is 12.1 Å². The maximum absolute atomic E-state index is 11.9. The van der Waals surface area contributed by atoms with Gasteiger partial charge in [0.1, 0.15) is 6.61 Å². The number of rotatable bonds is 3. The van der Waals surface area contributed by atoms with E-state index >= 15 is 0 Å². The molecule has 0 saturated heterocycles. The second-order valence-corrected chi connectivity index (χ2v) is 4.88. The number of carbonyl (C=O) groups is 1. The highest BCUT2D eigenvalue weighted by Crippen LogP contribution is 2.30. The lowest BCUT2D eigenvalue weighted by atomic mass is 10.2. The van der Waals surface area contributed by atoms with Crippen LogP contribution in [-0.4, -0.2) is 35.6 Å². The van der Waals surface area contributed by atoms with Crippen molar-refractivity contribution in [3.63, 3.8) is 0 Å². The third-order valence-electron chi connectivity index (χ3n) is 3.20. The summed E-state index contributed by atoms with van der Waals surface area (Å²) in [5, 5.41) is 13.0. The van der Waals surface area contributed by atoms with Gasteiger partial charge in [0.25, 0.3) is 0 Å². The summed E-state index contributed by atoms with van der Waals surface area (Å²) in [4.78, 5) is 11.9. The van der Waals surface area contributed by atoms with Crippen molar-refractivity contribution >= 4 is 11.7 Å². The van der Waals surface area contributed by atoms with Crippen LogP contribution < -0.4 is 14.8 Å². The molecule has 0 bridgehead atoms. The summed E-state index contributed by atoms with van der Waals surface area (Å²) >= 11 is 0. The fourth-order valence-electron chi connectivity index (χ4n) is 2.14. The standard InChI is InChI=1S/C16H16N2O4/c19-16(17-12-6-2-1-3-7-12)18(20)10-13-11-21-14-8-4-5-9-15(14)22-13/h1-9,13,20H,10-11H2,(H,17,19). The largest absolute Gasteiger partial charge is 0.486 e. The second-order valence-electron chi connectivity index (χ2n) is 4.88. The molecule has 0 aliphatic carbocycles. The van der Waals surface area contributed by atoms with Gasteiger partial charge in [-0.05, 0) is 24.3 Å². The third kappa shape index (κ3) is 3.29. The van der Waals surface area contributed by atoms with Gasteiger partial charge in [0.15, 0.2) is 17.6 Å². The van der Waals surface area contributed by atoms with Gasteiger partial charge in [0, 0.05) is 5.69 Å². The van der Waals surface area contributed by atoms with Crippen molar-refractivity contribution in [2.24, 2.45) is 0 Å². The molecular weight excluding hydrogens is 284 g/mol. The number of carbonyl (C=O) groups excluding carboxylic acids is 1. The molecule has 2 N–H and O–H groups in total. The molecule has 0 saturated carbocycles. The number of hydroxylamine groups is 2. The zero-order valence-electron chi connectivity index (χ0n) is 11.8. The van der Waals surface area contributed by atoms with E-state index in [9.17, 15) is 10.0 Å². The zero-order valence-corrected chi connectivity index (χ0v) is 11.8. The van der Waals surface area contributed by atoms with Crippen LogP contribution in [0.15, 0.2) is 54.6 Å². The number of nitrogens with zero attached hydrogens (tertiary/aromatic N) is 1. The van der Waals surface area contributed by atoms with Crippen LogP contribution >= 0.6 is 0 Å². The van der Waals surface area contributed by atoms with Gasteiger partial charge in [0.2, 0.25) is 0 Å². The molecule has 1 unspecified atom stereocenters. The Balaban J connectivity index is 1.56. The van der Waals surface area contributed by atoms with Gasteiger partial charge >= 0.3 is 6.03 Å². The van der Waals surface area contributed by atoms with Crippen molar-refractivity contribution in [1.82, 2.24) is 5.06 Å². The zero-order chi connectivity index (χ0) is 15.4. The summed E-state index contributed by atoms with van der Waals surface area (Å²) in [6.07, 6.45) is -0.429. The van der Waals surface area contributed by atoms with Crippen molar-refractivity contribution in [2.75, 3.05) is 18.5 Å². The van der Waals surface area contributed by atoms with Crippen molar-refractivity contribution in [3.05, 3.63) is 54.6 Å². The van der Waals surface area contributed by atoms with Crippen LogP contribution in [0.2, 0.25) is 0 Å². The maximum atomic E-state index is 11.9. The minimum Gasteiger partial charge on any atom is -0.486 e. The molecule has 2 amide bonds. The molecule has 0 spiro atoms. The number of para-hydroxylation sites is 3. The van der Waals surface area contributed by atoms with Crippen LogP contribution in [0.1, 0.15) is 0 Å². The molecule has 1 aliphatic heterocycles. The van der Waals surface area contributed by atoms with E-state index in [-0.39, 0.29) is 13.2 Å². The normalized spacial score (nSPS) is 16.0. The van der Waals surface area contributed by atoms with Gasteiger partial charge < -0.3 is 14.8 Å². The number of hydrogen-bond acceptors (Lipinski definition) is 4. The first kappa shape index (κ1) is 14.2. The summed E-state index contributed by atoms with van der Waals surface area (Å²) in [6, 6.07) is 15.6. The van der Waals surface area contributed by atoms with E-state index in [1.54, 1.807) is 30.3 Å². The molecule has 2 aromatic carbocycles. The Kier molecular flexibility index (Phi) is 4.11. The highest BCUT2D eigenvalue weighted by molar-refractivity contribution is 5.88. The number of benzene rings is 2. The van der Waals surface area contributed by atoms with Gasteiger partial charge in [0.05, 0.1) is 6.54 Å². The molecule has 6 nitrogen and oxygen atoms in total. The van der Waals surface area contributed by atoms with Gasteiger partial charge in [-0.1, -0.05) is 30.3 Å². The van der Waals surface area contributed by atoms with E-state index in [0.29, 0.717) is 22.2 Å². The Hall–Kier alpha value is -2.73. The molecule has 0 radical (unpaired) electrons. The molecule has 0 fully saturated rings. The molecule has 114 valence electrons. The fourth-order valence-corrected chi connectivity index (χ4v) is 2.14. The fraction of sp³-hybridized carbons (Fsp3) is 0.188. The van der Waals surface area contributed by atoms with Crippen LogP contribution in [0.25, 0.3) is 0 Å². The summed E-state index contributed by atoms with van der Waals surface area (Å²) in [7, 11) is 0. The van der Waals surface area contributed by atoms with Crippen LogP contribution in [0.3, 0.4) is 0 Å². The average Bonchev–Trinajstić information content (AvgIpc) is 2.55. The first-order valence-electron chi connectivity index (χ1n) is 6.93. The number of anilines is 1. The Morgan fingerprint density at radius 3 is 2.59 bits per heavy atom. The van der Waals surface area contributed by atoms with Gasteiger partial charge in [-0.15, -0.1) is 0 Å². The van der Waals surface area contributed by atoms with Crippen LogP contribution in [0, 0.1) is 0 Å². The Bertz CT molecular complexity index is 648. The second kappa shape index (κ2) is 6.36. The van der Waals surface area contributed by atoms with Crippen molar-refractivity contribution in [3.8, 4) is 11.5 Å². The minimum atomic E-state index is -0.617. The number of nitrogens with one attached hydrogen (secondary N) is 1. The monoisotopic (exact) mass is 300 g/mol. The maximum Gasteiger partial charge on any atom is 0.345 e. The van der Waals surface area contributed by atoms with Crippen molar-refractivity contribution < 1.29 is 19.5 Å². The Morgan fingerprint density at radius 1 is 1.14 bits per heavy atom. The van der Waals surface area contributed by atoms with E-state index in [4.69, 9.17) is 9.47 Å². The minimum absolute atomic E-state index is 0.00695. The lowest BCUT2D eigenvalue weighted by Gasteiger charge is -2.28. The Labute approximate surface area is 127 Å². The number of hydrogen-bond donors (Lipinski definition) is 2. The third-order valence-corrected chi connectivity index (χ3v) is 3.20. The molecular formula is C16H16N2O4.